The van der Waals surface area contributed by atoms with Crippen molar-refractivity contribution in [2.24, 2.45) is 0 Å². The summed E-state index contributed by atoms with van der Waals surface area (Å²) in [4.78, 5) is 27.9. The van der Waals surface area contributed by atoms with E-state index < -0.39 is 29.3 Å². The largest absolute Gasteiger partial charge is 0.458 e. The Morgan fingerprint density at radius 2 is 1.59 bits per heavy atom. The highest BCUT2D eigenvalue weighted by molar-refractivity contribution is 8.00. The van der Waals surface area contributed by atoms with E-state index in [-0.39, 0.29) is 5.25 Å². The van der Waals surface area contributed by atoms with Gasteiger partial charge >= 0.3 is 12.1 Å². The first kappa shape index (κ1) is 21.4. The second kappa shape index (κ2) is 8.00. The molecule has 150 valence electrons. The van der Waals surface area contributed by atoms with E-state index in [2.05, 4.69) is 0 Å². The Morgan fingerprint density at radius 3 is 2.11 bits per heavy atom. The summed E-state index contributed by atoms with van der Waals surface area (Å²) in [5.41, 5.74) is 5.20. The quantitative estimate of drug-likeness (QED) is 0.614. The van der Waals surface area contributed by atoms with Gasteiger partial charge in [0.05, 0.1) is 0 Å². The second-order valence-electron chi connectivity index (χ2n) is 8.73. The smallest absolute Gasteiger partial charge is 0.411 e. The van der Waals surface area contributed by atoms with E-state index in [9.17, 15) is 9.59 Å². The molecule has 0 spiro atoms. The lowest BCUT2D eigenvalue weighted by Gasteiger charge is -2.29. The van der Waals surface area contributed by atoms with Crippen LogP contribution >= 0.6 is 11.8 Å². The van der Waals surface area contributed by atoms with Crippen molar-refractivity contribution in [3.05, 3.63) is 24.3 Å². The number of amides is 1. The van der Waals surface area contributed by atoms with E-state index in [1.54, 1.807) is 11.8 Å². The van der Waals surface area contributed by atoms with Gasteiger partial charge in [0.25, 0.3) is 0 Å². The van der Waals surface area contributed by atoms with Crippen LogP contribution in [0.4, 0.5) is 10.5 Å². The Bertz CT molecular complexity index is 641. The summed E-state index contributed by atoms with van der Waals surface area (Å²) in [6.07, 6.45) is 0.0298. The maximum atomic E-state index is 12.7. The van der Waals surface area contributed by atoms with Crippen molar-refractivity contribution in [2.45, 2.75) is 75.4 Å². The highest BCUT2D eigenvalue weighted by atomic mass is 32.2. The molecule has 1 aromatic carbocycles. The van der Waals surface area contributed by atoms with Crippen LogP contribution < -0.4 is 5.73 Å². The van der Waals surface area contributed by atoms with Gasteiger partial charge in [0.15, 0.2) is 0 Å². The molecule has 2 N–H and O–H groups in total. The highest BCUT2D eigenvalue weighted by Gasteiger charge is 2.43. The molecular weight excluding hydrogens is 364 g/mol. The lowest BCUT2D eigenvalue weighted by Crippen LogP contribution is -2.45. The van der Waals surface area contributed by atoms with Crippen molar-refractivity contribution >= 4 is 29.5 Å². The van der Waals surface area contributed by atoms with E-state index in [0.717, 1.165) is 4.90 Å². The zero-order valence-electron chi connectivity index (χ0n) is 16.9. The summed E-state index contributed by atoms with van der Waals surface area (Å²) in [5.74, 6) is -0.395. The van der Waals surface area contributed by atoms with Crippen LogP contribution in [-0.2, 0) is 14.3 Å². The lowest BCUT2D eigenvalue weighted by molar-refractivity contribution is -0.160. The van der Waals surface area contributed by atoms with E-state index in [4.69, 9.17) is 15.2 Å². The van der Waals surface area contributed by atoms with Crippen molar-refractivity contribution in [1.29, 1.82) is 0 Å². The monoisotopic (exact) mass is 394 g/mol. The molecule has 27 heavy (non-hydrogen) atoms. The molecule has 7 heteroatoms. The van der Waals surface area contributed by atoms with Gasteiger partial charge in [0.2, 0.25) is 0 Å². The first-order chi connectivity index (χ1) is 12.3. The molecule has 1 fully saturated rings. The third-order valence-electron chi connectivity index (χ3n) is 3.75. The zero-order chi connectivity index (χ0) is 20.4. The first-order valence-electron chi connectivity index (χ1n) is 9.09. The summed E-state index contributed by atoms with van der Waals surface area (Å²) < 4.78 is 11.0. The number of hydrogen-bond donors (Lipinski definition) is 1. The van der Waals surface area contributed by atoms with Crippen LogP contribution in [0.5, 0.6) is 0 Å². The molecule has 1 saturated heterocycles. The molecule has 1 heterocycles. The van der Waals surface area contributed by atoms with E-state index in [0.29, 0.717) is 18.7 Å². The predicted octanol–water partition coefficient (Wildman–Crippen LogP) is 4.08. The number of anilines is 1. The van der Waals surface area contributed by atoms with Gasteiger partial charge in [-0.1, -0.05) is 0 Å². The van der Waals surface area contributed by atoms with Gasteiger partial charge in [-0.3, -0.25) is 4.90 Å². The molecule has 1 aromatic rings. The molecule has 0 radical (unpaired) electrons. The van der Waals surface area contributed by atoms with Gasteiger partial charge in [0.1, 0.15) is 17.2 Å². The lowest BCUT2D eigenvalue weighted by atomic mass is 10.1. The number of carbonyl (C=O) groups excluding carboxylic acids is 2. The first-order valence-corrected chi connectivity index (χ1v) is 9.97. The topological polar surface area (TPSA) is 81.9 Å². The number of benzene rings is 1. The number of thioether (sulfide) groups is 1. The summed E-state index contributed by atoms with van der Waals surface area (Å²) >= 11 is 1.63. The van der Waals surface area contributed by atoms with Crippen LogP contribution in [0.15, 0.2) is 29.2 Å². The molecule has 0 aliphatic carbocycles. The van der Waals surface area contributed by atoms with Gasteiger partial charge in [-0.25, -0.2) is 9.59 Å². The molecule has 2 unspecified atom stereocenters. The fourth-order valence-corrected chi connectivity index (χ4v) is 3.93. The Hall–Kier alpha value is -1.89. The average molecular weight is 395 g/mol. The number of esters is 1. The van der Waals surface area contributed by atoms with Crippen LogP contribution in [0.25, 0.3) is 0 Å². The summed E-state index contributed by atoms with van der Waals surface area (Å²) in [5, 5.41) is 0.0682. The van der Waals surface area contributed by atoms with Gasteiger partial charge < -0.3 is 15.2 Å². The normalized spacial score (nSPS) is 20.4. The summed E-state index contributed by atoms with van der Waals surface area (Å²) in [6.45, 7) is 11.3. The fourth-order valence-electron chi connectivity index (χ4n) is 2.74. The number of ether oxygens (including phenoxy) is 2. The van der Waals surface area contributed by atoms with Crippen molar-refractivity contribution in [2.75, 3.05) is 12.3 Å². The van der Waals surface area contributed by atoms with Crippen molar-refractivity contribution in [3.8, 4) is 0 Å². The van der Waals surface area contributed by atoms with Gasteiger partial charge in [-0.2, -0.15) is 0 Å². The highest BCUT2D eigenvalue weighted by Crippen LogP contribution is 2.35. The van der Waals surface area contributed by atoms with E-state index in [1.807, 2.05) is 65.8 Å². The average Bonchev–Trinajstić information content (AvgIpc) is 2.90. The number of carbonyl (C=O) groups is 2. The molecule has 1 amide bonds. The standard InChI is InChI=1S/C20H30N2O4S/c1-19(2,3)25-17(23)16-11-15(27-14-9-7-13(21)8-10-14)12-22(16)18(24)26-20(4,5)6/h7-10,15-16H,11-12,21H2,1-6H3. The third-order valence-corrected chi connectivity index (χ3v) is 4.97. The van der Waals surface area contributed by atoms with E-state index in [1.165, 1.54) is 4.90 Å². The number of rotatable bonds is 3. The molecular formula is C20H30N2O4S. The SMILES string of the molecule is CC(C)(C)OC(=O)C1CC(Sc2ccc(N)cc2)CN1C(=O)OC(C)(C)C. The molecule has 2 atom stereocenters. The molecule has 0 saturated carbocycles. The van der Waals surface area contributed by atoms with Crippen LogP contribution in [-0.4, -0.2) is 46.0 Å². The van der Waals surface area contributed by atoms with Gasteiger partial charge in [0, 0.05) is 22.4 Å². The minimum Gasteiger partial charge on any atom is -0.458 e. The zero-order valence-corrected chi connectivity index (χ0v) is 17.8. The Morgan fingerprint density at radius 1 is 1.04 bits per heavy atom. The molecule has 2 rings (SSSR count). The minimum atomic E-state index is -0.648. The minimum absolute atomic E-state index is 0.0682. The molecule has 6 nitrogen and oxygen atoms in total. The number of nitrogens with zero attached hydrogens (tertiary/aromatic N) is 1. The van der Waals surface area contributed by atoms with Crippen LogP contribution in [0.2, 0.25) is 0 Å². The summed E-state index contributed by atoms with van der Waals surface area (Å²) in [6, 6.07) is 6.92. The number of hydrogen-bond acceptors (Lipinski definition) is 6. The molecule has 0 aromatic heterocycles. The Balaban J connectivity index is 2.15. The molecule has 0 bridgehead atoms. The van der Waals surface area contributed by atoms with Crippen molar-refractivity contribution < 1.29 is 19.1 Å². The van der Waals surface area contributed by atoms with Crippen molar-refractivity contribution in [1.82, 2.24) is 4.90 Å². The van der Waals surface area contributed by atoms with Crippen LogP contribution in [0, 0.1) is 0 Å². The third kappa shape index (κ3) is 6.65. The van der Waals surface area contributed by atoms with Crippen LogP contribution in [0.1, 0.15) is 48.0 Å². The summed E-state index contributed by atoms with van der Waals surface area (Å²) in [7, 11) is 0. The Labute approximate surface area is 165 Å². The number of likely N-dealkylation sites (tertiary alicyclic amines) is 1. The maximum absolute atomic E-state index is 12.7. The maximum Gasteiger partial charge on any atom is 0.411 e. The van der Waals surface area contributed by atoms with Crippen LogP contribution in [0.3, 0.4) is 0 Å². The van der Waals surface area contributed by atoms with Gasteiger partial charge in [-0.15, -0.1) is 11.8 Å². The second-order valence-corrected chi connectivity index (χ2v) is 10.1. The van der Waals surface area contributed by atoms with Gasteiger partial charge in [-0.05, 0) is 72.2 Å². The molecule has 1 aliphatic heterocycles. The predicted molar refractivity (Wildman–Crippen MR) is 108 cm³/mol. The van der Waals surface area contributed by atoms with E-state index >= 15 is 0 Å². The number of nitrogen functional groups attached to an aromatic ring is 1. The Kier molecular flexibility index (Phi) is 6.35. The van der Waals surface area contributed by atoms with Crippen molar-refractivity contribution in [3.63, 3.8) is 0 Å². The molecule has 1 aliphatic rings. The number of nitrogens with two attached hydrogens (primary N) is 1. The fraction of sp³-hybridized carbons (Fsp3) is 0.600.